The maximum Gasteiger partial charge on any atom is 0.291 e. The Morgan fingerprint density at radius 2 is 2.00 bits per heavy atom. The van der Waals surface area contributed by atoms with Crippen LogP contribution in [0.3, 0.4) is 0 Å². The number of morpholine rings is 1. The summed E-state index contributed by atoms with van der Waals surface area (Å²) in [7, 11) is 0. The van der Waals surface area contributed by atoms with Gasteiger partial charge in [-0.1, -0.05) is 0 Å². The third kappa shape index (κ3) is 3.70. The fraction of sp³-hybridized carbons (Fsp3) is 0.625. The quantitative estimate of drug-likeness (QED) is 0.882. The normalized spacial score (nSPS) is 22.0. The van der Waals surface area contributed by atoms with Crippen LogP contribution in [0, 0.1) is 13.8 Å². The minimum absolute atomic E-state index is 0.153. The van der Waals surface area contributed by atoms with E-state index < -0.39 is 0 Å². The zero-order valence-electron chi connectivity index (χ0n) is 14.6. The van der Waals surface area contributed by atoms with Gasteiger partial charge in [0, 0.05) is 37.6 Å². The van der Waals surface area contributed by atoms with Crippen molar-refractivity contribution in [2.75, 3.05) is 26.2 Å². The molecule has 24 heavy (non-hydrogen) atoms. The smallest absolute Gasteiger partial charge is 0.291 e. The van der Waals surface area contributed by atoms with Gasteiger partial charge in [0.15, 0.2) is 0 Å². The number of carbonyl (C=O) groups excluding carboxylic acids is 1. The molecule has 130 valence electrons. The van der Waals surface area contributed by atoms with E-state index in [2.05, 4.69) is 39.1 Å². The lowest BCUT2D eigenvalue weighted by atomic mass is 10.2. The number of hydrogen-bond acceptors (Lipinski definition) is 6. The standard InChI is InChI=1S/C16H24N6O2/c1-10-7-11(2)22-16(18-10)19-14(20-22)15(23)17-5-6-21-8-12(3)24-13(4)9-21/h7,12-13H,5-6,8-9H2,1-4H3,(H,17,23)/t12-,13+. The molecule has 1 N–H and O–H groups in total. The summed E-state index contributed by atoms with van der Waals surface area (Å²) in [5.41, 5.74) is 1.76. The molecule has 1 amide bonds. The first-order valence-electron chi connectivity index (χ1n) is 8.29. The van der Waals surface area contributed by atoms with Gasteiger partial charge in [0.2, 0.25) is 5.82 Å². The van der Waals surface area contributed by atoms with Gasteiger partial charge in [0.1, 0.15) is 0 Å². The van der Waals surface area contributed by atoms with Crippen molar-refractivity contribution in [1.82, 2.24) is 29.8 Å². The van der Waals surface area contributed by atoms with Crippen molar-refractivity contribution in [3.05, 3.63) is 23.3 Å². The maximum atomic E-state index is 12.3. The molecule has 0 saturated carbocycles. The summed E-state index contributed by atoms with van der Waals surface area (Å²) in [5, 5.41) is 7.12. The minimum atomic E-state index is -0.271. The van der Waals surface area contributed by atoms with Crippen LogP contribution in [0.15, 0.2) is 6.07 Å². The Hall–Kier alpha value is -2.06. The fourth-order valence-corrected chi connectivity index (χ4v) is 3.14. The van der Waals surface area contributed by atoms with Crippen molar-refractivity contribution in [2.24, 2.45) is 0 Å². The highest BCUT2D eigenvalue weighted by Crippen LogP contribution is 2.09. The van der Waals surface area contributed by atoms with E-state index in [1.54, 1.807) is 4.52 Å². The van der Waals surface area contributed by atoms with Gasteiger partial charge in [-0.3, -0.25) is 9.69 Å². The molecule has 3 rings (SSSR count). The molecule has 1 saturated heterocycles. The third-order valence-electron chi connectivity index (χ3n) is 4.03. The molecule has 0 bridgehead atoms. The van der Waals surface area contributed by atoms with E-state index in [1.807, 2.05) is 19.9 Å². The van der Waals surface area contributed by atoms with Crippen molar-refractivity contribution in [3.63, 3.8) is 0 Å². The van der Waals surface area contributed by atoms with Crippen LogP contribution in [0.25, 0.3) is 5.78 Å². The zero-order valence-corrected chi connectivity index (χ0v) is 14.6. The molecule has 8 nitrogen and oxygen atoms in total. The Kier molecular flexibility index (Phi) is 4.77. The number of fused-ring (bicyclic) bond motifs is 1. The fourth-order valence-electron chi connectivity index (χ4n) is 3.14. The number of aromatic nitrogens is 4. The van der Waals surface area contributed by atoms with E-state index in [-0.39, 0.29) is 23.9 Å². The van der Waals surface area contributed by atoms with Crippen molar-refractivity contribution >= 4 is 11.7 Å². The molecule has 1 aliphatic heterocycles. The lowest BCUT2D eigenvalue weighted by molar-refractivity contribution is -0.0672. The maximum absolute atomic E-state index is 12.3. The van der Waals surface area contributed by atoms with Gasteiger partial charge in [-0.2, -0.15) is 4.98 Å². The summed E-state index contributed by atoms with van der Waals surface area (Å²) in [6, 6.07) is 1.91. The molecule has 1 fully saturated rings. The summed E-state index contributed by atoms with van der Waals surface area (Å²) in [6.07, 6.45) is 0.448. The highest BCUT2D eigenvalue weighted by atomic mass is 16.5. The number of aryl methyl sites for hydroxylation is 2. The van der Waals surface area contributed by atoms with Crippen LogP contribution in [0.5, 0.6) is 0 Å². The number of ether oxygens (including phenoxy) is 1. The van der Waals surface area contributed by atoms with Crippen molar-refractivity contribution in [2.45, 2.75) is 39.9 Å². The van der Waals surface area contributed by atoms with E-state index in [0.717, 1.165) is 31.0 Å². The van der Waals surface area contributed by atoms with E-state index in [9.17, 15) is 4.79 Å². The van der Waals surface area contributed by atoms with Crippen LogP contribution in [0.4, 0.5) is 0 Å². The first-order chi connectivity index (χ1) is 11.4. The third-order valence-corrected chi connectivity index (χ3v) is 4.03. The second kappa shape index (κ2) is 6.82. The van der Waals surface area contributed by atoms with E-state index >= 15 is 0 Å². The molecule has 2 aromatic heterocycles. The van der Waals surface area contributed by atoms with Crippen molar-refractivity contribution in [3.8, 4) is 0 Å². The van der Waals surface area contributed by atoms with Crippen LogP contribution in [-0.2, 0) is 4.74 Å². The predicted molar refractivity (Wildman–Crippen MR) is 89.0 cm³/mol. The van der Waals surface area contributed by atoms with Crippen LogP contribution < -0.4 is 5.32 Å². The molecular weight excluding hydrogens is 308 g/mol. The van der Waals surface area contributed by atoms with Crippen LogP contribution >= 0.6 is 0 Å². The van der Waals surface area contributed by atoms with Gasteiger partial charge in [-0.05, 0) is 33.8 Å². The molecule has 0 radical (unpaired) electrons. The van der Waals surface area contributed by atoms with Crippen molar-refractivity contribution < 1.29 is 9.53 Å². The van der Waals surface area contributed by atoms with Gasteiger partial charge < -0.3 is 10.1 Å². The highest BCUT2D eigenvalue weighted by molar-refractivity contribution is 5.90. The second-order valence-electron chi connectivity index (χ2n) is 6.46. The Morgan fingerprint density at radius 1 is 1.29 bits per heavy atom. The average Bonchev–Trinajstić information content (AvgIpc) is 2.90. The van der Waals surface area contributed by atoms with E-state index in [0.29, 0.717) is 12.3 Å². The molecule has 2 atom stereocenters. The summed E-state index contributed by atoms with van der Waals surface area (Å²) >= 11 is 0. The van der Waals surface area contributed by atoms with Gasteiger partial charge in [0.25, 0.3) is 11.7 Å². The van der Waals surface area contributed by atoms with Crippen molar-refractivity contribution in [1.29, 1.82) is 0 Å². The number of hydrogen-bond donors (Lipinski definition) is 1. The second-order valence-corrected chi connectivity index (χ2v) is 6.46. The monoisotopic (exact) mass is 332 g/mol. The predicted octanol–water partition coefficient (Wildman–Crippen LogP) is 0.580. The van der Waals surface area contributed by atoms with Gasteiger partial charge in [-0.15, -0.1) is 5.10 Å². The largest absolute Gasteiger partial charge is 0.373 e. The lowest BCUT2D eigenvalue weighted by Gasteiger charge is -2.35. The summed E-state index contributed by atoms with van der Waals surface area (Å²) < 4.78 is 7.30. The molecule has 8 heteroatoms. The highest BCUT2D eigenvalue weighted by Gasteiger charge is 2.22. The Bertz CT molecular complexity index is 733. The minimum Gasteiger partial charge on any atom is -0.373 e. The van der Waals surface area contributed by atoms with E-state index in [4.69, 9.17) is 4.74 Å². The molecule has 1 aliphatic rings. The Balaban J connectivity index is 1.58. The summed E-state index contributed by atoms with van der Waals surface area (Å²) in [6.45, 7) is 11.1. The molecule has 0 aliphatic carbocycles. The first kappa shape index (κ1) is 16.8. The summed E-state index contributed by atoms with van der Waals surface area (Å²) in [4.78, 5) is 23.1. The molecule has 0 aromatic carbocycles. The summed E-state index contributed by atoms with van der Waals surface area (Å²) in [5.74, 6) is 0.334. The molecular formula is C16H24N6O2. The van der Waals surface area contributed by atoms with Gasteiger partial charge in [0.05, 0.1) is 12.2 Å². The van der Waals surface area contributed by atoms with Crippen LogP contribution in [0.1, 0.15) is 35.9 Å². The number of carbonyl (C=O) groups is 1. The Labute approximate surface area is 141 Å². The topological polar surface area (TPSA) is 84.7 Å². The van der Waals surface area contributed by atoms with Gasteiger partial charge >= 0.3 is 0 Å². The van der Waals surface area contributed by atoms with Crippen LogP contribution in [0.2, 0.25) is 0 Å². The number of amides is 1. The lowest BCUT2D eigenvalue weighted by Crippen LogP contribution is -2.47. The van der Waals surface area contributed by atoms with E-state index in [1.165, 1.54) is 0 Å². The number of rotatable bonds is 4. The molecule has 0 spiro atoms. The average molecular weight is 332 g/mol. The SMILES string of the molecule is Cc1cc(C)n2nc(C(=O)NCCN3C[C@@H](C)O[C@@H](C)C3)nc2n1. The Morgan fingerprint density at radius 3 is 2.71 bits per heavy atom. The first-order valence-corrected chi connectivity index (χ1v) is 8.29. The number of nitrogens with one attached hydrogen (secondary N) is 1. The molecule has 2 aromatic rings. The van der Waals surface area contributed by atoms with Gasteiger partial charge in [-0.25, -0.2) is 9.50 Å². The van der Waals surface area contributed by atoms with Crippen LogP contribution in [-0.4, -0.2) is 68.8 Å². The zero-order chi connectivity index (χ0) is 17.3. The molecule has 3 heterocycles. The number of nitrogens with zero attached hydrogens (tertiary/aromatic N) is 5. The molecule has 0 unspecified atom stereocenters.